The molecule has 0 aliphatic carbocycles. The quantitative estimate of drug-likeness (QED) is 0.592. The van der Waals surface area contributed by atoms with Gasteiger partial charge >= 0.3 is 0 Å². The second-order valence-electron chi connectivity index (χ2n) is 6.64. The molecular formula is C20H16F3N5OS. The number of nitrogens with zero attached hydrogens (tertiary/aromatic N) is 4. The Morgan fingerprint density at radius 1 is 1.17 bits per heavy atom. The van der Waals surface area contributed by atoms with Crippen molar-refractivity contribution >= 4 is 21.4 Å². The summed E-state index contributed by atoms with van der Waals surface area (Å²) < 4.78 is 57.1. The lowest BCUT2D eigenvalue weighted by Gasteiger charge is -2.11. The lowest BCUT2D eigenvalue weighted by molar-refractivity contribution is 0.580. The molecule has 0 aliphatic heterocycles. The Labute approximate surface area is 171 Å². The highest BCUT2D eigenvalue weighted by Gasteiger charge is 2.15. The van der Waals surface area contributed by atoms with Gasteiger partial charge in [0.15, 0.2) is 5.82 Å². The molecule has 0 saturated heterocycles. The first kappa shape index (κ1) is 21.3. The molecule has 2 aromatic carbocycles. The second-order valence-corrected chi connectivity index (χ2v) is 9.03. The third-order valence-corrected chi connectivity index (χ3v) is 5.33. The summed E-state index contributed by atoms with van der Waals surface area (Å²) in [4.78, 5) is 7.87. The third kappa shape index (κ3) is 5.12. The molecule has 1 heterocycles. The minimum atomic E-state index is -2.71. The van der Waals surface area contributed by atoms with Crippen molar-refractivity contribution in [3.05, 3.63) is 71.2 Å². The fraction of sp³-hybridized carbons (Fsp3) is 0.150. The van der Waals surface area contributed by atoms with Gasteiger partial charge in [-0.25, -0.2) is 27.3 Å². The molecule has 1 aromatic heterocycles. The molecule has 0 spiro atoms. The van der Waals surface area contributed by atoms with Crippen molar-refractivity contribution < 1.29 is 17.4 Å². The minimum absolute atomic E-state index is 0.00869. The van der Waals surface area contributed by atoms with E-state index in [-0.39, 0.29) is 23.0 Å². The number of anilines is 2. The van der Waals surface area contributed by atoms with Crippen LogP contribution in [-0.4, -0.2) is 20.4 Å². The van der Waals surface area contributed by atoms with Crippen LogP contribution < -0.4 is 5.32 Å². The number of benzene rings is 2. The van der Waals surface area contributed by atoms with E-state index in [9.17, 15) is 17.4 Å². The van der Waals surface area contributed by atoms with E-state index in [0.717, 1.165) is 23.9 Å². The van der Waals surface area contributed by atoms with Gasteiger partial charge in [-0.2, -0.15) is 5.26 Å². The van der Waals surface area contributed by atoms with Crippen molar-refractivity contribution in [1.29, 1.82) is 5.26 Å². The molecule has 6 nitrogen and oxygen atoms in total. The Morgan fingerprint density at radius 3 is 2.63 bits per heavy atom. The number of nitriles is 1. The Bertz CT molecular complexity index is 1280. The third-order valence-electron chi connectivity index (χ3n) is 3.99. The normalized spacial score (nSPS) is 12.7. The molecule has 154 valence electrons. The molecule has 1 atom stereocenters. The number of halogens is 3. The second kappa shape index (κ2) is 8.51. The average molecular weight is 431 g/mol. The first-order chi connectivity index (χ1) is 14.2. The van der Waals surface area contributed by atoms with Gasteiger partial charge in [-0.1, -0.05) is 6.07 Å². The fourth-order valence-electron chi connectivity index (χ4n) is 2.87. The smallest absolute Gasteiger partial charge is 0.227 e. The summed E-state index contributed by atoms with van der Waals surface area (Å²) in [5, 5.41) is 11.6. The lowest BCUT2D eigenvalue weighted by atomic mass is 10.1. The van der Waals surface area contributed by atoms with E-state index in [1.54, 1.807) is 24.4 Å². The molecule has 3 aromatic rings. The van der Waals surface area contributed by atoms with Crippen molar-refractivity contribution in [2.45, 2.75) is 12.7 Å². The van der Waals surface area contributed by atoms with E-state index >= 15 is 0 Å². The molecule has 0 radical (unpaired) electrons. The maximum absolute atomic E-state index is 14.2. The van der Waals surface area contributed by atoms with Crippen LogP contribution in [0.5, 0.6) is 0 Å². The van der Waals surface area contributed by atoms with Gasteiger partial charge in [0.05, 0.1) is 21.7 Å². The van der Waals surface area contributed by atoms with E-state index < -0.39 is 27.2 Å². The molecule has 10 heteroatoms. The predicted octanol–water partition coefficient (Wildman–Crippen LogP) is 4.69. The Kier molecular flexibility index (Phi) is 6.03. The van der Waals surface area contributed by atoms with Crippen LogP contribution >= 0.6 is 0 Å². The van der Waals surface area contributed by atoms with Crippen LogP contribution in [0.25, 0.3) is 11.3 Å². The molecule has 1 N–H and O–H groups in total. The van der Waals surface area contributed by atoms with E-state index in [1.807, 2.05) is 6.92 Å². The van der Waals surface area contributed by atoms with Gasteiger partial charge in [-0.15, -0.1) is 4.36 Å². The summed E-state index contributed by atoms with van der Waals surface area (Å²) in [6.45, 7) is 1.82. The minimum Gasteiger partial charge on any atom is -0.324 e. The first-order valence-corrected chi connectivity index (χ1v) is 10.7. The van der Waals surface area contributed by atoms with Crippen LogP contribution in [0.2, 0.25) is 0 Å². The molecule has 3 rings (SSSR count). The summed E-state index contributed by atoms with van der Waals surface area (Å²) in [6.07, 6.45) is 3.83. The molecule has 0 bridgehead atoms. The van der Waals surface area contributed by atoms with Crippen molar-refractivity contribution in [3.8, 4) is 17.5 Å². The van der Waals surface area contributed by atoms with E-state index in [1.165, 1.54) is 6.26 Å². The summed E-state index contributed by atoms with van der Waals surface area (Å²) in [7, 11) is -2.71. The number of rotatable bonds is 5. The topological polar surface area (TPSA) is 91.0 Å². The number of hydrogen-bond donors (Lipinski definition) is 1. The van der Waals surface area contributed by atoms with Crippen LogP contribution in [0.15, 0.2) is 47.0 Å². The van der Waals surface area contributed by atoms with Gasteiger partial charge < -0.3 is 5.32 Å². The zero-order chi connectivity index (χ0) is 21.9. The highest BCUT2D eigenvalue weighted by molar-refractivity contribution is 7.92. The maximum atomic E-state index is 14.2. The summed E-state index contributed by atoms with van der Waals surface area (Å²) in [6, 6.07) is 7.98. The van der Waals surface area contributed by atoms with Crippen molar-refractivity contribution in [3.63, 3.8) is 0 Å². The predicted molar refractivity (Wildman–Crippen MR) is 108 cm³/mol. The van der Waals surface area contributed by atoms with Crippen LogP contribution in [0.3, 0.4) is 0 Å². The maximum Gasteiger partial charge on any atom is 0.227 e. The molecule has 0 amide bonds. The van der Waals surface area contributed by atoms with Crippen molar-refractivity contribution in [2.75, 3.05) is 11.6 Å². The number of aryl methyl sites for hydroxylation is 1. The SMILES string of the molecule is Cc1cc(C[S@@](C)(=O)=NC#N)cc(Nc2ncc(F)c(-c3ccc(F)cc3F)n2)c1. The molecule has 30 heavy (non-hydrogen) atoms. The standard InChI is InChI=1S/C20H16F3N5OS/c1-12-5-13(10-30(2,29)26-11-24)7-15(6-12)27-20-25-9-18(23)19(28-20)16-4-3-14(21)8-17(16)22/h3-9H,10H2,1-2H3,(H,25,27,28)/t30-/m1/s1. The van der Waals surface area contributed by atoms with Crippen molar-refractivity contribution in [1.82, 2.24) is 9.97 Å². The molecule has 0 saturated carbocycles. The fourth-order valence-corrected chi connectivity index (χ4v) is 3.90. The van der Waals surface area contributed by atoms with E-state index in [0.29, 0.717) is 17.3 Å². The highest BCUT2D eigenvalue weighted by atomic mass is 32.2. The molecular weight excluding hydrogens is 415 g/mol. The zero-order valence-electron chi connectivity index (χ0n) is 16.0. The van der Waals surface area contributed by atoms with Crippen LogP contribution in [0.4, 0.5) is 24.8 Å². The van der Waals surface area contributed by atoms with Gasteiger partial charge in [0.25, 0.3) is 0 Å². The molecule has 0 fully saturated rings. The van der Waals surface area contributed by atoms with Gasteiger partial charge in [0, 0.05) is 23.6 Å². The largest absolute Gasteiger partial charge is 0.324 e. The Morgan fingerprint density at radius 2 is 1.93 bits per heavy atom. The monoisotopic (exact) mass is 431 g/mol. The van der Waals surface area contributed by atoms with E-state index in [2.05, 4.69) is 19.6 Å². The van der Waals surface area contributed by atoms with Crippen LogP contribution in [0, 0.1) is 35.8 Å². The summed E-state index contributed by atoms with van der Waals surface area (Å²) in [5.41, 5.74) is 1.50. The highest BCUT2D eigenvalue weighted by Crippen LogP contribution is 2.26. The Balaban J connectivity index is 1.95. The number of aromatic nitrogens is 2. The van der Waals surface area contributed by atoms with Gasteiger partial charge in [-0.3, -0.25) is 0 Å². The average Bonchev–Trinajstić information content (AvgIpc) is 2.62. The zero-order valence-corrected chi connectivity index (χ0v) is 16.8. The molecule has 0 unspecified atom stereocenters. The first-order valence-electron chi connectivity index (χ1n) is 8.60. The van der Waals surface area contributed by atoms with Crippen LogP contribution in [0.1, 0.15) is 11.1 Å². The van der Waals surface area contributed by atoms with Gasteiger partial charge in [-0.05, 0) is 42.3 Å². The Hall–Kier alpha value is -3.45. The van der Waals surface area contributed by atoms with E-state index in [4.69, 9.17) is 5.26 Å². The summed E-state index contributed by atoms with van der Waals surface area (Å²) in [5.74, 6) is -2.54. The summed E-state index contributed by atoms with van der Waals surface area (Å²) >= 11 is 0. The van der Waals surface area contributed by atoms with Gasteiger partial charge in [0.2, 0.25) is 12.1 Å². The number of hydrogen-bond acceptors (Lipinski definition) is 6. The molecule has 0 aliphatic rings. The van der Waals surface area contributed by atoms with Crippen LogP contribution in [-0.2, 0) is 15.5 Å². The lowest BCUT2D eigenvalue weighted by Crippen LogP contribution is -2.04. The van der Waals surface area contributed by atoms with Gasteiger partial charge in [0.1, 0.15) is 17.3 Å². The number of nitrogens with one attached hydrogen (secondary N) is 1. The van der Waals surface area contributed by atoms with Crippen molar-refractivity contribution in [2.24, 2.45) is 4.36 Å².